The first kappa shape index (κ1) is 18.3. The van der Waals surface area contributed by atoms with Gasteiger partial charge in [0.25, 0.3) is 0 Å². The molecule has 0 radical (unpaired) electrons. The molecule has 2 atom stereocenters. The van der Waals surface area contributed by atoms with Gasteiger partial charge in [-0.2, -0.15) is 13.2 Å². The van der Waals surface area contributed by atoms with Crippen molar-refractivity contribution in [2.75, 3.05) is 20.7 Å². The van der Waals surface area contributed by atoms with Gasteiger partial charge in [-0.25, -0.2) is 0 Å². The van der Waals surface area contributed by atoms with Crippen molar-refractivity contribution in [3.05, 3.63) is 29.8 Å². The summed E-state index contributed by atoms with van der Waals surface area (Å²) < 4.78 is 47.3. The zero-order valence-corrected chi connectivity index (χ0v) is 13.0. The highest BCUT2D eigenvalue weighted by molar-refractivity contribution is 5.75. The summed E-state index contributed by atoms with van der Waals surface area (Å²) in [5, 5.41) is 0. The third-order valence-corrected chi connectivity index (χ3v) is 3.29. The van der Waals surface area contributed by atoms with E-state index in [0.717, 1.165) is 4.90 Å². The zero-order chi connectivity index (χ0) is 16.9. The molecule has 0 unspecified atom stereocenters. The van der Waals surface area contributed by atoms with Crippen molar-refractivity contribution in [3.63, 3.8) is 0 Å². The first-order chi connectivity index (χ1) is 10.1. The van der Waals surface area contributed by atoms with Crippen LogP contribution in [0.5, 0.6) is 5.75 Å². The highest BCUT2D eigenvalue weighted by Gasteiger charge is 2.33. The molecule has 0 amide bonds. The number of likely N-dealkylation sites (N-methyl/N-ethyl adjacent to an activating group) is 1. The van der Waals surface area contributed by atoms with E-state index in [-0.39, 0.29) is 0 Å². The molecule has 22 heavy (non-hydrogen) atoms. The van der Waals surface area contributed by atoms with E-state index in [0.29, 0.717) is 11.3 Å². The number of methoxy groups -OCH3 is 1. The number of ether oxygens (including phenoxy) is 2. The second-order valence-corrected chi connectivity index (χ2v) is 5.06. The van der Waals surface area contributed by atoms with Gasteiger partial charge in [-0.15, -0.1) is 0 Å². The van der Waals surface area contributed by atoms with Crippen molar-refractivity contribution in [1.29, 1.82) is 0 Å². The minimum atomic E-state index is -4.36. The summed E-state index contributed by atoms with van der Waals surface area (Å²) in [6.07, 6.45) is -4.94. The number of alkyl halides is 3. The van der Waals surface area contributed by atoms with Gasteiger partial charge >= 0.3 is 12.1 Å². The number of rotatable bonds is 6. The van der Waals surface area contributed by atoms with Crippen LogP contribution in [0.3, 0.4) is 0 Å². The minimum absolute atomic E-state index is 0.579. The Labute approximate surface area is 127 Å². The standard InChI is InChI=1S/C15H20F3NO3/c1-10(19(3)9-15(16,17)18)14(20)22-11(2)12-6-5-7-13(8-12)21-4/h5-8,10-11H,9H2,1-4H3/t10-,11-/m1/s1. The highest BCUT2D eigenvalue weighted by atomic mass is 19.4. The molecule has 0 saturated heterocycles. The molecule has 0 saturated carbocycles. The largest absolute Gasteiger partial charge is 0.497 e. The quantitative estimate of drug-likeness (QED) is 0.755. The Morgan fingerprint density at radius 2 is 1.95 bits per heavy atom. The molecule has 0 aliphatic heterocycles. The van der Waals surface area contributed by atoms with Gasteiger partial charge < -0.3 is 9.47 Å². The maximum Gasteiger partial charge on any atom is 0.401 e. The molecule has 0 spiro atoms. The Hall–Kier alpha value is -1.76. The Balaban J connectivity index is 2.66. The summed E-state index contributed by atoms with van der Waals surface area (Å²) in [5.41, 5.74) is 0.707. The maximum atomic E-state index is 12.3. The van der Waals surface area contributed by atoms with Crippen LogP contribution in [-0.2, 0) is 9.53 Å². The van der Waals surface area contributed by atoms with Gasteiger partial charge in [0.05, 0.1) is 13.7 Å². The molecule has 0 N–H and O–H groups in total. The Morgan fingerprint density at radius 3 is 2.50 bits per heavy atom. The van der Waals surface area contributed by atoms with Crippen LogP contribution in [0.1, 0.15) is 25.5 Å². The van der Waals surface area contributed by atoms with Gasteiger partial charge in [0.2, 0.25) is 0 Å². The zero-order valence-electron chi connectivity index (χ0n) is 13.0. The highest BCUT2D eigenvalue weighted by Crippen LogP contribution is 2.23. The summed E-state index contributed by atoms with van der Waals surface area (Å²) in [6, 6.07) is 5.97. The molecule has 1 aromatic carbocycles. The molecule has 0 fully saturated rings. The van der Waals surface area contributed by atoms with E-state index >= 15 is 0 Å². The first-order valence-electron chi connectivity index (χ1n) is 6.75. The van der Waals surface area contributed by atoms with E-state index in [1.54, 1.807) is 31.2 Å². The molecular weight excluding hydrogens is 299 g/mol. The van der Waals surface area contributed by atoms with Crippen LogP contribution < -0.4 is 4.74 Å². The third-order valence-electron chi connectivity index (χ3n) is 3.29. The predicted octanol–water partition coefficient (Wildman–Crippen LogP) is 3.18. The van der Waals surface area contributed by atoms with E-state index in [9.17, 15) is 18.0 Å². The Kier molecular flexibility index (Phi) is 6.22. The fourth-order valence-electron chi connectivity index (χ4n) is 1.83. The van der Waals surface area contributed by atoms with Crippen molar-refractivity contribution < 1.29 is 27.4 Å². The van der Waals surface area contributed by atoms with Gasteiger partial charge in [-0.1, -0.05) is 12.1 Å². The number of hydrogen-bond acceptors (Lipinski definition) is 4. The van der Waals surface area contributed by atoms with Gasteiger partial charge in [-0.3, -0.25) is 9.69 Å². The summed E-state index contributed by atoms with van der Waals surface area (Å²) in [4.78, 5) is 12.8. The van der Waals surface area contributed by atoms with Crippen LogP contribution in [0.15, 0.2) is 24.3 Å². The van der Waals surface area contributed by atoms with E-state index in [1.807, 2.05) is 0 Å². The SMILES string of the molecule is COc1cccc([C@@H](C)OC(=O)[C@@H](C)N(C)CC(F)(F)F)c1. The van der Waals surface area contributed by atoms with Crippen LogP contribution in [0.2, 0.25) is 0 Å². The van der Waals surface area contributed by atoms with Crippen LogP contribution in [0.4, 0.5) is 13.2 Å². The van der Waals surface area contributed by atoms with Crippen LogP contribution >= 0.6 is 0 Å². The lowest BCUT2D eigenvalue weighted by atomic mass is 10.1. The molecule has 0 aliphatic carbocycles. The average molecular weight is 319 g/mol. The monoisotopic (exact) mass is 319 g/mol. The van der Waals surface area contributed by atoms with Crippen molar-refractivity contribution >= 4 is 5.97 Å². The summed E-state index contributed by atoms with van der Waals surface area (Å²) >= 11 is 0. The number of halogens is 3. The van der Waals surface area contributed by atoms with E-state index in [2.05, 4.69) is 0 Å². The van der Waals surface area contributed by atoms with E-state index < -0.39 is 30.8 Å². The number of benzene rings is 1. The van der Waals surface area contributed by atoms with E-state index in [4.69, 9.17) is 9.47 Å². The Bertz CT molecular complexity index is 505. The normalized spacial score (nSPS) is 14.5. The molecule has 7 heteroatoms. The number of hydrogen-bond donors (Lipinski definition) is 0. The summed E-state index contributed by atoms with van der Waals surface area (Å²) in [5.74, 6) is -0.0929. The number of nitrogens with zero attached hydrogens (tertiary/aromatic N) is 1. The predicted molar refractivity (Wildman–Crippen MR) is 75.6 cm³/mol. The van der Waals surface area contributed by atoms with Gasteiger partial charge in [0, 0.05) is 0 Å². The van der Waals surface area contributed by atoms with Crippen LogP contribution in [0.25, 0.3) is 0 Å². The van der Waals surface area contributed by atoms with Crippen molar-refractivity contribution in [2.24, 2.45) is 0 Å². The lowest BCUT2D eigenvalue weighted by Gasteiger charge is -2.25. The fourth-order valence-corrected chi connectivity index (χ4v) is 1.83. The molecule has 0 heterocycles. The average Bonchev–Trinajstić information content (AvgIpc) is 2.44. The molecule has 1 aromatic rings. The number of esters is 1. The van der Waals surface area contributed by atoms with Gasteiger partial charge in [0.15, 0.2) is 0 Å². The maximum absolute atomic E-state index is 12.3. The molecule has 0 bridgehead atoms. The smallest absolute Gasteiger partial charge is 0.401 e. The van der Waals surface area contributed by atoms with Gasteiger partial charge in [-0.05, 0) is 38.6 Å². The molecular formula is C15H20F3NO3. The van der Waals surface area contributed by atoms with Crippen molar-refractivity contribution in [2.45, 2.75) is 32.2 Å². The lowest BCUT2D eigenvalue weighted by molar-refractivity contribution is -0.164. The topological polar surface area (TPSA) is 38.8 Å². The third kappa shape index (κ3) is 5.55. The van der Waals surface area contributed by atoms with Crippen molar-refractivity contribution in [3.8, 4) is 5.75 Å². The second-order valence-electron chi connectivity index (χ2n) is 5.06. The minimum Gasteiger partial charge on any atom is -0.497 e. The Morgan fingerprint density at radius 1 is 1.32 bits per heavy atom. The summed E-state index contributed by atoms with van der Waals surface area (Å²) in [7, 11) is 2.75. The summed E-state index contributed by atoms with van der Waals surface area (Å²) in [6.45, 7) is 1.87. The molecule has 124 valence electrons. The van der Waals surface area contributed by atoms with Crippen molar-refractivity contribution in [1.82, 2.24) is 4.90 Å². The fraction of sp³-hybridized carbons (Fsp3) is 0.533. The molecule has 0 aromatic heterocycles. The second kappa shape index (κ2) is 7.49. The van der Waals surface area contributed by atoms with Gasteiger partial charge in [0.1, 0.15) is 17.9 Å². The molecule has 4 nitrogen and oxygen atoms in total. The first-order valence-corrected chi connectivity index (χ1v) is 6.75. The lowest BCUT2D eigenvalue weighted by Crippen LogP contribution is -2.42. The van der Waals surface area contributed by atoms with Crippen LogP contribution in [-0.4, -0.2) is 43.8 Å². The molecule has 1 rings (SSSR count). The molecule has 0 aliphatic rings. The van der Waals surface area contributed by atoms with E-state index in [1.165, 1.54) is 21.1 Å². The number of carbonyl (C=O) groups is 1. The van der Waals surface area contributed by atoms with Crippen LogP contribution in [0, 0.1) is 0 Å². The number of carbonyl (C=O) groups excluding carboxylic acids is 1.